The third-order valence-corrected chi connectivity index (χ3v) is 7.41. The monoisotopic (exact) mass is 409 g/mol. The van der Waals surface area contributed by atoms with Crippen LogP contribution in [0.4, 0.5) is 5.13 Å². The van der Waals surface area contributed by atoms with Gasteiger partial charge in [0, 0.05) is 24.7 Å². The first kappa shape index (κ1) is 17.5. The number of nitrogens with one attached hydrogen (secondary N) is 1. The summed E-state index contributed by atoms with van der Waals surface area (Å²) in [4.78, 5) is 16.6. The van der Waals surface area contributed by atoms with E-state index in [4.69, 9.17) is 0 Å². The van der Waals surface area contributed by atoms with Crippen LogP contribution < -0.4 is 5.32 Å². The van der Waals surface area contributed by atoms with Gasteiger partial charge in [-0.2, -0.15) is 13.1 Å². The van der Waals surface area contributed by atoms with E-state index in [0.717, 1.165) is 11.7 Å². The lowest BCUT2D eigenvalue weighted by Crippen LogP contribution is -2.43. The predicted molar refractivity (Wildman–Crippen MR) is 99.6 cm³/mol. The van der Waals surface area contributed by atoms with Crippen LogP contribution in [0.5, 0.6) is 0 Å². The van der Waals surface area contributed by atoms with E-state index >= 15 is 0 Å². The number of fused-ring (bicyclic) bond motifs is 1. The molecule has 3 aromatic rings. The molecule has 0 radical (unpaired) electrons. The largest absolute Gasteiger partial charge is 0.302 e. The second-order valence-corrected chi connectivity index (χ2v) is 9.25. The van der Waals surface area contributed by atoms with Crippen molar-refractivity contribution in [3.05, 3.63) is 29.8 Å². The van der Waals surface area contributed by atoms with E-state index in [1.165, 1.54) is 21.7 Å². The smallest absolute Gasteiger partial charge is 0.245 e. The van der Waals surface area contributed by atoms with Crippen LogP contribution in [0.1, 0.15) is 12.8 Å². The Labute approximate surface area is 158 Å². The lowest BCUT2D eigenvalue weighted by atomic mass is 9.99. The highest BCUT2D eigenvalue weighted by Crippen LogP contribution is 2.28. The molecular formula is C15H15N5O3S3. The Balaban J connectivity index is 1.57. The summed E-state index contributed by atoms with van der Waals surface area (Å²) >= 11 is 2.32. The molecule has 1 fully saturated rings. The molecule has 11 heteroatoms. The second-order valence-electron chi connectivity index (χ2n) is 5.92. The van der Waals surface area contributed by atoms with E-state index < -0.39 is 15.9 Å². The van der Waals surface area contributed by atoms with Crippen molar-refractivity contribution in [3.8, 4) is 0 Å². The first-order valence-electron chi connectivity index (χ1n) is 7.97. The zero-order valence-corrected chi connectivity index (χ0v) is 16.0. The summed E-state index contributed by atoms with van der Waals surface area (Å²) in [6.07, 6.45) is 2.88. The average molecular weight is 410 g/mol. The highest BCUT2D eigenvalue weighted by molar-refractivity contribution is 7.89. The van der Waals surface area contributed by atoms with Gasteiger partial charge in [-0.15, -0.1) is 11.3 Å². The molecule has 1 aliphatic rings. The van der Waals surface area contributed by atoms with Gasteiger partial charge in [0.05, 0.1) is 17.6 Å². The number of carbonyl (C=O) groups is 1. The third kappa shape index (κ3) is 3.22. The maximum atomic E-state index is 13.1. The molecule has 1 N–H and O–H groups in total. The van der Waals surface area contributed by atoms with Gasteiger partial charge in [-0.25, -0.2) is 13.4 Å². The van der Waals surface area contributed by atoms with Crippen LogP contribution in [0, 0.1) is 5.92 Å². The fourth-order valence-corrected chi connectivity index (χ4v) is 5.80. The van der Waals surface area contributed by atoms with E-state index in [1.807, 2.05) is 0 Å². The lowest BCUT2D eigenvalue weighted by Gasteiger charge is -2.31. The van der Waals surface area contributed by atoms with Crippen LogP contribution in [0.3, 0.4) is 0 Å². The number of hydrogen-bond donors (Lipinski definition) is 1. The molecule has 2 aromatic heterocycles. The van der Waals surface area contributed by atoms with Gasteiger partial charge in [-0.1, -0.05) is 6.07 Å². The molecule has 0 spiro atoms. The summed E-state index contributed by atoms with van der Waals surface area (Å²) in [5.74, 6) is -0.608. The molecule has 0 saturated carbocycles. The Morgan fingerprint density at radius 3 is 3.00 bits per heavy atom. The molecule has 1 aliphatic heterocycles. The Morgan fingerprint density at radius 2 is 2.19 bits per heavy atom. The molecule has 0 aliphatic carbocycles. The van der Waals surface area contributed by atoms with E-state index in [0.29, 0.717) is 35.6 Å². The summed E-state index contributed by atoms with van der Waals surface area (Å²) in [5, 5.41) is 5.05. The van der Waals surface area contributed by atoms with Crippen LogP contribution in [-0.4, -0.2) is 45.5 Å². The number of piperidine rings is 1. The third-order valence-electron chi connectivity index (χ3n) is 4.28. The fraction of sp³-hybridized carbons (Fsp3) is 0.333. The fourth-order valence-electron chi connectivity index (χ4n) is 3.00. The van der Waals surface area contributed by atoms with Crippen LogP contribution in [0.15, 0.2) is 34.7 Å². The van der Waals surface area contributed by atoms with Gasteiger partial charge in [0.1, 0.15) is 15.9 Å². The van der Waals surface area contributed by atoms with Crippen molar-refractivity contribution in [1.82, 2.24) is 18.0 Å². The summed E-state index contributed by atoms with van der Waals surface area (Å²) in [6.45, 7) is 0.533. The van der Waals surface area contributed by atoms with Gasteiger partial charge in [0.15, 0.2) is 5.13 Å². The van der Waals surface area contributed by atoms with Crippen molar-refractivity contribution < 1.29 is 13.2 Å². The van der Waals surface area contributed by atoms with Crippen molar-refractivity contribution in [2.75, 3.05) is 18.4 Å². The van der Waals surface area contributed by atoms with Crippen LogP contribution in [-0.2, 0) is 14.8 Å². The van der Waals surface area contributed by atoms with Crippen molar-refractivity contribution in [2.45, 2.75) is 17.7 Å². The number of benzene rings is 1. The second kappa shape index (κ2) is 6.99. The molecule has 136 valence electrons. The van der Waals surface area contributed by atoms with Gasteiger partial charge in [0.25, 0.3) is 0 Å². The number of carbonyl (C=O) groups excluding carboxylic acids is 1. The zero-order chi connectivity index (χ0) is 18.1. The number of amides is 1. The zero-order valence-electron chi connectivity index (χ0n) is 13.5. The predicted octanol–water partition coefficient (Wildman–Crippen LogP) is 2.19. The first-order valence-corrected chi connectivity index (χ1v) is 11.0. The van der Waals surface area contributed by atoms with Crippen molar-refractivity contribution in [3.63, 3.8) is 0 Å². The Kier molecular flexibility index (Phi) is 4.69. The topological polar surface area (TPSA) is 105 Å². The summed E-state index contributed by atoms with van der Waals surface area (Å²) in [5.41, 5.74) is 0.943. The molecule has 0 unspecified atom stereocenters. The maximum Gasteiger partial charge on any atom is 0.245 e. The first-order chi connectivity index (χ1) is 12.6. The van der Waals surface area contributed by atoms with Gasteiger partial charge in [-0.3, -0.25) is 4.79 Å². The molecule has 26 heavy (non-hydrogen) atoms. The molecular weight excluding hydrogens is 394 g/mol. The molecule has 0 bridgehead atoms. The average Bonchev–Trinajstić information content (AvgIpc) is 3.32. The number of sulfonamides is 1. The highest BCUT2D eigenvalue weighted by Gasteiger charge is 2.34. The number of thiazole rings is 1. The molecule has 4 rings (SSSR count). The Morgan fingerprint density at radius 1 is 1.31 bits per heavy atom. The highest BCUT2D eigenvalue weighted by atomic mass is 32.2. The van der Waals surface area contributed by atoms with Gasteiger partial charge >= 0.3 is 0 Å². The number of rotatable bonds is 4. The molecule has 8 nitrogen and oxygen atoms in total. The number of hydrogen-bond acceptors (Lipinski definition) is 8. The van der Waals surface area contributed by atoms with E-state index in [2.05, 4.69) is 19.0 Å². The minimum absolute atomic E-state index is 0.143. The standard InChI is InChI=1S/C15H15N5O3S3/c21-14(17-15-16-6-8-24-15)10-3-2-7-20(9-10)26(22,23)12-5-1-4-11-13(12)19-25-18-11/h1,4-6,8,10H,2-3,7,9H2,(H,16,17,21)/t10-/m1/s1. The summed E-state index contributed by atoms with van der Waals surface area (Å²) in [6, 6.07) is 4.93. The Bertz CT molecular complexity index is 1030. The van der Waals surface area contributed by atoms with Gasteiger partial charge < -0.3 is 5.32 Å². The molecule has 1 aromatic carbocycles. The normalized spacial score (nSPS) is 18.8. The minimum atomic E-state index is -3.74. The number of anilines is 1. The minimum Gasteiger partial charge on any atom is -0.302 e. The maximum absolute atomic E-state index is 13.1. The SMILES string of the molecule is O=C(Nc1nccs1)[C@@H]1CCCN(S(=O)(=O)c2cccc3nsnc23)C1. The lowest BCUT2D eigenvalue weighted by molar-refractivity contribution is -0.120. The van der Waals surface area contributed by atoms with Gasteiger partial charge in [0.2, 0.25) is 15.9 Å². The summed E-state index contributed by atoms with van der Waals surface area (Å²) < 4.78 is 35.8. The molecule has 3 heterocycles. The van der Waals surface area contributed by atoms with Crippen LogP contribution in [0.25, 0.3) is 11.0 Å². The Hall–Kier alpha value is -1.95. The molecule has 1 amide bonds. The number of aromatic nitrogens is 3. The van der Waals surface area contributed by atoms with E-state index in [9.17, 15) is 13.2 Å². The van der Waals surface area contributed by atoms with E-state index in [1.54, 1.807) is 23.7 Å². The summed E-state index contributed by atoms with van der Waals surface area (Å²) in [7, 11) is -3.74. The van der Waals surface area contributed by atoms with Crippen LogP contribution >= 0.6 is 23.1 Å². The number of nitrogens with zero attached hydrogens (tertiary/aromatic N) is 4. The molecule has 1 atom stereocenters. The van der Waals surface area contributed by atoms with Crippen molar-refractivity contribution in [2.24, 2.45) is 5.92 Å². The van der Waals surface area contributed by atoms with Crippen LogP contribution in [0.2, 0.25) is 0 Å². The molecule has 1 saturated heterocycles. The van der Waals surface area contributed by atoms with Crippen molar-refractivity contribution >= 4 is 55.2 Å². The van der Waals surface area contributed by atoms with Crippen molar-refractivity contribution in [1.29, 1.82) is 0 Å². The quantitative estimate of drug-likeness (QED) is 0.708. The van der Waals surface area contributed by atoms with Gasteiger partial charge in [-0.05, 0) is 25.0 Å². The van der Waals surface area contributed by atoms with E-state index in [-0.39, 0.29) is 17.3 Å².